The van der Waals surface area contributed by atoms with E-state index < -0.39 is 22.1 Å². The van der Waals surface area contributed by atoms with Gasteiger partial charge >= 0.3 is 6.18 Å². The highest BCUT2D eigenvalue weighted by atomic mass is 32.2. The molecule has 96 valence electrons. The van der Waals surface area contributed by atoms with Crippen molar-refractivity contribution in [2.24, 2.45) is 5.73 Å². The molecule has 0 aliphatic rings. The van der Waals surface area contributed by atoms with Gasteiger partial charge in [0.25, 0.3) is 0 Å². The molecule has 0 aliphatic heterocycles. The predicted octanol–water partition coefficient (Wildman–Crippen LogP) is 1.52. The van der Waals surface area contributed by atoms with Crippen molar-refractivity contribution in [3.63, 3.8) is 0 Å². The molecule has 17 heavy (non-hydrogen) atoms. The summed E-state index contributed by atoms with van der Waals surface area (Å²) in [6, 6.07) is 3.28. The van der Waals surface area contributed by atoms with Crippen LogP contribution < -0.4 is 5.73 Å². The van der Waals surface area contributed by atoms with Crippen LogP contribution >= 0.6 is 0 Å². The molecular weight excluding hydrogens is 255 g/mol. The maximum Gasteiger partial charge on any atom is 0.403 e. The molecule has 0 radical (unpaired) electrons. The van der Waals surface area contributed by atoms with Crippen LogP contribution in [0.4, 0.5) is 13.2 Å². The lowest BCUT2D eigenvalue weighted by atomic mass is 10.1. The van der Waals surface area contributed by atoms with Crippen LogP contribution in [0.15, 0.2) is 29.2 Å². The van der Waals surface area contributed by atoms with Crippen molar-refractivity contribution in [3.05, 3.63) is 29.8 Å². The Bertz CT molecular complexity index is 479. The summed E-state index contributed by atoms with van der Waals surface area (Å²) in [6.45, 7) is 0. The van der Waals surface area contributed by atoms with E-state index >= 15 is 0 Å². The van der Waals surface area contributed by atoms with Crippen molar-refractivity contribution in [3.8, 4) is 0 Å². The number of benzene rings is 1. The van der Waals surface area contributed by atoms with Gasteiger partial charge in [-0.15, -0.1) is 0 Å². The second-order valence-electron chi connectivity index (χ2n) is 3.77. The van der Waals surface area contributed by atoms with Crippen LogP contribution in [0.1, 0.15) is 5.56 Å². The van der Waals surface area contributed by atoms with Gasteiger partial charge in [-0.3, -0.25) is 0 Å². The number of nitrogens with two attached hydrogens (primary N) is 1. The quantitative estimate of drug-likeness (QED) is 0.903. The van der Waals surface area contributed by atoms with Gasteiger partial charge in [0.15, 0.2) is 9.84 Å². The third-order valence-electron chi connectivity index (χ3n) is 2.23. The predicted molar refractivity (Wildman–Crippen MR) is 57.3 cm³/mol. The molecule has 7 heteroatoms. The second kappa shape index (κ2) is 4.66. The smallest absolute Gasteiger partial charge is 0.320 e. The van der Waals surface area contributed by atoms with Gasteiger partial charge in [-0.05, 0) is 24.1 Å². The number of rotatable bonds is 3. The fourth-order valence-corrected chi connectivity index (χ4v) is 1.87. The van der Waals surface area contributed by atoms with Crippen molar-refractivity contribution < 1.29 is 21.6 Å². The zero-order valence-electron chi connectivity index (χ0n) is 9.03. The minimum atomic E-state index is -4.45. The van der Waals surface area contributed by atoms with Gasteiger partial charge in [0, 0.05) is 6.26 Å². The van der Waals surface area contributed by atoms with Gasteiger partial charge in [0.1, 0.15) is 6.04 Å². The molecule has 1 rings (SSSR count). The molecule has 0 saturated carbocycles. The Hall–Kier alpha value is -1.08. The normalized spacial score (nSPS) is 14.6. The Morgan fingerprint density at radius 2 is 1.71 bits per heavy atom. The zero-order valence-corrected chi connectivity index (χ0v) is 9.85. The summed E-state index contributed by atoms with van der Waals surface area (Å²) in [6.07, 6.45) is -3.79. The Morgan fingerprint density at radius 1 is 1.24 bits per heavy atom. The number of hydrogen-bond donors (Lipinski definition) is 1. The van der Waals surface area contributed by atoms with E-state index in [0.29, 0.717) is 5.56 Å². The summed E-state index contributed by atoms with van der Waals surface area (Å²) < 4.78 is 58.8. The summed E-state index contributed by atoms with van der Waals surface area (Å²) in [5, 5.41) is 0. The van der Waals surface area contributed by atoms with Crippen LogP contribution in [0.5, 0.6) is 0 Å². The summed E-state index contributed by atoms with van der Waals surface area (Å²) in [5.74, 6) is 0. The number of alkyl halides is 3. The molecule has 1 aromatic carbocycles. The van der Waals surface area contributed by atoms with Crippen LogP contribution in [0.25, 0.3) is 0 Å². The average molecular weight is 267 g/mol. The summed E-state index contributed by atoms with van der Waals surface area (Å²) >= 11 is 0. The Morgan fingerprint density at radius 3 is 2.06 bits per heavy atom. The van der Waals surface area contributed by atoms with E-state index in [9.17, 15) is 21.6 Å². The summed E-state index contributed by atoms with van der Waals surface area (Å²) in [7, 11) is -3.33. The zero-order chi connectivity index (χ0) is 13.3. The van der Waals surface area contributed by atoms with Gasteiger partial charge in [0.2, 0.25) is 0 Å². The fraction of sp³-hybridized carbons (Fsp3) is 0.400. The SMILES string of the molecule is CS(=O)(=O)c1ccc(CC(N)C(F)(F)F)cc1. The van der Waals surface area contributed by atoms with E-state index in [1.807, 2.05) is 0 Å². The number of hydrogen-bond acceptors (Lipinski definition) is 3. The molecule has 0 fully saturated rings. The van der Waals surface area contributed by atoms with Crippen molar-refractivity contribution >= 4 is 9.84 Å². The van der Waals surface area contributed by atoms with E-state index in [4.69, 9.17) is 5.73 Å². The highest BCUT2D eigenvalue weighted by Crippen LogP contribution is 2.21. The van der Waals surface area contributed by atoms with Gasteiger partial charge in [-0.2, -0.15) is 13.2 Å². The van der Waals surface area contributed by atoms with Crippen LogP contribution in [0, 0.1) is 0 Å². The first-order chi connectivity index (χ1) is 7.60. The van der Waals surface area contributed by atoms with Crippen molar-refractivity contribution in [1.82, 2.24) is 0 Å². The number of halogens is 3. The maximum atomic E-state index is 12.2. The van der Waals surface area contributed by atoms with Gasteiger partial charge in [0.05, 0.1) is 4.90 Å². The lowest BCUT2D eigenvalue weighted by Gasteiger charge is -2.15. The first kappa shape index (κ1) is 14.0. The molecule has 0 saturated heterocycles. The molecular formula is C10H12F3NO2S. The average Bonchev–Trinajstić information content (AvgIpc) is 2.15. The first-order valence-corrected chi connectivity index (χ1v) is 6.61. The largest absolute Gasteiger partial charge is 0.403 e. The molecule has 1 aromatic rings. The Balaban J connectivity index is 2.83. The minimum absolute atomic E-state index is 0.0711. The van der Waals surface area contributed by atoms with Crippen molar-refractivity contribution in [2.75, 3.05) is 6.26 Å². The molecule has 0 bridgehead atoms. The molecule has 0 aromatic heterocycles. The highest BCUT2D eigenvalue weighted by Gasteiger charge is 2.36. The van der Waals surface area contributed by atoms with E-state index in [0.717, 1.165) is 6.26 Å². The van der Waals surface area contributed by atoms with Crippen molar-refractivity contribution in [2.45, 2.75) is 23.5 Å². The topological polar surface area (TPSA) is 60.2 Å². The van der Waals surface area contributed by atoms with E-state index in [2.05, 4.69) is 0 Å². The number of sulfone groups is 1. The Labute approximate surface area is 97.4 Å². The maximum absolute atomic E-state index is 12.2. The molecule has 1 atom stereocenters. The molecule has 0 amide bonds. The van der Waals surface area contributed by atoms with Crippen LogP contribution in [-0.4, -0.2) is 26.9 Å². The lowest BCUT2D eigenvalue weighted by Crippen LogP contribution is -2.39. The standard InChI is InChI=1S/C10H12F3NO2S/c1-17(15,16)8-4-2-7(3-5-8)6-9(14)10(11,12)13/h2-5,9H,6,14H2,1H3. The van der Waals surface area contributed by atoms with Crippen LogP contribution in [0.3, 0.4) is 0 Å². The van der Waals surface area contributed by atoms with Crippen LogP contribution in [-0.2, 0) is 16.3 Å². The van der Waals surface area contributed by atoms with Gasteiger partial charge < -0.3 is 5.73 Å². The third-order valence-corrected chi connectivity index (χ3v) is 3.36. The van der Waals surface area contributed by atoms with Crippen molar-refractivity contribution in [1.29, 1.82) is 0 Å². The monoisotopic (exact) mass is 267 g/mol. The summed E-state index contributed by atoms with van der Waals surface area (Å²) in [4.78, 5) is 0.0711. The fourth-order valence-electron chi connectivity index (χ4n) is 1.24. The molecule has 0 heterocycles. The van der Waals surface area contributed by atoms with E-state index in [-0.39, 0.29) is 11.3 Å². The Kier molecular flexibility index (Phi) is 3.83. The molecule has 2 N–H and O–H groups in total. The van der Waals surface area contributed by atoms with E-state index in [1.54, 1.807) is 0 Å². The lowest BCUT2D eigenvalue weighted by molar-refractivity contribution is -0.147. The van der Waals surface area contributed by atoms with Crippen LogP contribution in [0.2, 0.25) is 0 Å². The molecule has 0 spiro atoms. The minimum Gasteiger partial charge on any atom is -0.320 e. The molecule has 0 aliphatic carbocycles. The first-order valence-electron chi connectivity index (χ1n) is 4.72. The molecule has 1 unspecified atom stereocenters. The third kappa shape index (κ3) is 4.01. The van der Waals surface area contributed by atoms with Gasteiger partial charge in [-0.1, -0.05) is 12.1 Å². The molecule has 3 nitrogen and oxygen atoms in total. The van der Waals surface area contributed by atoms with E-state index in [1.165, 1.54) is 24.3 Å². The summed E-state index contributed by atoms with van der Waals surface area (Å²) in [5.41, 5.74) is 5.31. The highest BCUT2D eigenvalue weighted by molar-refractivity contribution is 7.90. The second-order valence-corrected chi connectivity index (χ2v) is 5.78. The van der Waals surface area contributed by atoms with Gasteiger partial charge in [-0.25, -0.2) is 8.42 Å².